The van der Waals surface area contributed by atoms with Crippen LogP contribution in [0, 0.1) is 12.7 Å². The number of rotatable bonds is 3. The molecule has 0 bridgehead atoms. The zero-order valence-corrected chi connectivity index (χ0v) is 16.7. The summed E-state index contributed by atoms with van der Waals surface area (Å²) in [7, 11) is 0. The van der Waals surface area contributed by atoms with Gasteiger partial charge in [0.1, 0.15) is 11.5 Å². The number of aryl methyl sites for hydroxylation is 1. The summed E-state index contributed by atoms with van der Waals surface area (Å²) in [4.78, 5) is 4.68. The van der Waals surface area contributed by atoms with Gasteiger partial charge in [-0.1, -0.05) is 41.9 Å². The van der Waals surface area contributed by atoms with E-state index >= 15 is 0 Å². The summed E-state index contributed by atoms with van der Waals surface area (Å²) in [6.07, 6.45) is 0.868. The van der Waals surface area contributed by atoms with Crippen LogP contribution in [0.5, 0.6) is 0 Å². The van der Waals surface area contributed by atoms with E-state index in [1.165, 1.54) is 17.7 Å². The zero-order valence-electron chi connectivity index (χ0n) is 15.9. The number of halogens is 2. The average molecular weight is 404 g/mol. The lowest BCUT2D eigenvalue weighted by molar-refractivity contribution is 0.598. The summed E-state index contributed by atoms with van der Waals surface area (Å²) in [5.74, 6) is 0.0975. The minimum atomic E-state index is -0.244. The monoisotopic (exact) mass is 403 g/mol. The van der Waals surface area contributed by atoms with Crippen LogP contribution >= 0.6 is 11.6 Å². The standard InChI is InChI=1S/C24H19ClFN3/c1-15-3-2-4-21(27-15)24-23(17-7-11-20(26)12-8-17)22-13-18(14-29(22)28-24)16-5-9-19(25)10-6-16/h2-12,18H,13-14H2,1H3. The zero-order chi connectivity index (χ0) is 20.0. The van der Waals surface area contributed by atoms with Crippen molar-refractivity contribution < 1.29 is 4.39 Å². The van der Waals surface area contributed by atoms with Gasteiger partial charge in [0.15, 0.2) is 0 Å². The first-order valence-corrected chi connectivity index (χ1v) is 10.0. The smallest absolute Gasteiger partial charge is 0.123 e. The first kappa shape index (κ1) is 18.1. The van der Waals surface area contributed by atoms with E-state index in [0.29, 0.717) is 5.92 Å². The summed E-state index contributed by atoms with van der Waals surface area (Å²) >= 11 is 6.05. The Morgan fingerprint density at radius 3 is 2.48 bits per heavy atom. The molecule has 0 saturated heterocycles. The molecule has 0 saturated carbocycles. The maximum Gasteiger partial charge on any atom is 0.123 e. The van der Waals surface area contributed by atoms with Crippen LogP contribution in [0.25, 0.3) is 22.5 Å². The molecular formula is C24H19ClFN3. The molecule has 4 aromatic rings. The molecule has 3 nitrogen and oxygen atoms in total. The van der Waals surface area contributed by atoms with E-state index in [1.54, 1.807) is 0 Å². The van der Waals surface area contributed by atoms with Crippen LogP contribution in [-0.4, -0.2) is 14.8 Å². The lowest BCUT2D eigenvalue weighted by atomic mass is 9.93. The molecule has 1 atom stereocenters. The fourth-order valence-corrected chi connectivity index (χ4v) is 4.22. The molecule has 0 spiro atoms. The molecule has 0 N–H and O–H groups in total. The lowest BCUT2D eigenvalue weighted by Crippen LogP contribution is -2.03. The van der Waals surface area contributed by atoms with Gasteiger partial charge in [0, 0.05) is 34.4 Å². The number of nitrogens with zero attached hydrogens (tertiary/aromatic N) is 3. The molecule has 144 valence electrons. The molecule has 2 aromatic heterocycles. The minimum absolute atomic E-state index is 0.244. The fourth-order valence-electron chi connectivity index (χ4n) is 4.09. The van der Waals surface area contributed by atoms with E-state index in [-0.39, 0.29) is 5.82 Å². The van der Waals surface area contributed by atoms with Crippen LogP contribution in [0.2, 0.25) is 5.02 Å². The highest BCUT2D eigenvalue weighted by Crippen LogP contribution is 2.40. The third-order valence-electron chi connectivity index (χ3n) is 5.50. The van der Waals surface area contributed by atoms with Crippen molar-refractivity contribution in [2.24, 2.45) is 0 Å². The molecule has 5 rings (SSSR count). The molecule has 1 unspecified atom stereocenters. The van der Waals surface area contributed by atoms with Crippen molar-refractivity contribution >= 4 is 11.6 Å². The molecule has 0 radical (unpaired) electrons. The predicted molar refractivity (Wildman–Crippen MR) is 113 cm³/mol. The van der Waals surface area contributed by atoms with E-state index in [4.69, 9.17) is 16.7 Å². The molecule has 1 aliphatic rings. The molecule has 0 amide bonds. The van der Waals surface area contributed by atoms with E-state index in [9.17, 15) is 4.39 Å². The Labute approximate surface area is 173 Å². The molecule has 2 aromatic carbocycles. The van der Waals surface area contributed by atoms with Crippen molar-refractivity contribution in [1.29, 1.82) is 0 Å². The predicted octanol–water partition coefficient (Wildman–Crippen LogP) is 6.05. The van der Waals surface area contributed by atoms with Gasteiger partial charge in [-0.15, -0.1) is 0 Å². The van der Waals surface area contributed by atoms with E-state index in [2.05, 4.69) is 21.8 Å². The SMILES string of the molecule is Cc1cccc(-c2nn3c(c2-c2ccc(F)cc2)CC(c2ccc(Cl)cc2)C3)n1. The van der Waals surface area contributed by atoms with Crippen LogP contribution in [-0.2, 0) is 13.0 Å². The number of pyridine rings is 1. The Hall–Kier alpha value is -2.98. The van der Waals surface area contributed by atoms with Crippen molar-refractivity contribution in [1.82, 2.24) is 14.8 Å². The highest BCUT2D eigenvalue weighted by Gasteiger charge is 2.30. The Balaban J connectivity index is 1.62. The summed E-state index contributed by atoms with van der Waals surface area (Å²) < 4.78 is 15.6. The second-order valence-electron chi connectivity index (χ2n) is 7.48. The number of fused-ring (bicyclic) bond motifs is 1. The molecule has 5 heteroatoms. The quantitative estimate of drug-likeness (QED) is 0.416. The van der Waals surface area contributed by atoms with Gasteiger partial charge in [-0.05, 0) is 60.9 Å². The highest BCUT2D eigenvalue weighted by atomic mass is 35.5. The molecule has 1 aliphatic heterocycles. The largest absolute Gasteiger partial charge is 0.268 e. The van der Waals surface area contributed by atoms with Gasteiger partial charge in [-0.3, -0.25) is 9.67 Å². The van der Waals surface area contributed by atoms with Gasteiger partial charge >= 0.3 is 0 Å². The molecule has 0 fully saturated rings. The van der Waals surface area contributed by atoms with Crippen molar-refractivity contribution in [3.63, 3.8) is 0 Å². The Morgan fingerprint density at radius 2 is 1.76 bits per heavy atom. The van der Waals surface area contributed by atoms with Crippen LogP contribution < -0.4 is 0 Å². The molecular weight excluding hydrogens is 385 g/mol. The Bertz CT molecular complexity index is 1180. The first-order valence-electron chi connectivity index (χ1n) is 9.63. The number of aromatic nitrogens is 3. The van der Waals surface area contributed by atoms with E-state index in [0.717, 1.165) is 51.9 Å². The van der Waals surface area contributed by atoms with Crippen LogP contribution in [0.1, 0.15) is 22.9 Å². The lowest BCUT2D eigenvalue weighted by Gasteiger charge is -2.11. The van der Waals surface area contributed by atoms with Crippen LogP contribution in [0.3, 0.4) is 0 Å². The van der Waals surface area contributed by atoms with Gasteiger partial charge in [0.05, 0.1) is 5.69 Å². The third kappa shape index (κ3) is 3.34. The second-order valence-corrected chi connectivity index (χ2v) is 7.91. The van der Waals surface area contributed by atoms with E-state index < -0.39 is 0 Å². The average Bonchev–Trinajstić information content (AvgIpc) is 3.27. The van der Waals surface area contributed by atoms with Crippen molar-refractivity contribution in [2.75, 3.05) is 0 Å². The third-order valence-corrected chi connectivity index (χ3v) is 5.75. The summed E-state index contributed by atoms with van der Waals surface area (Å²) in [6, 6.07) is 20.6. The van der Waals surface area contributed by atoms with Gasteiger partial charge in [0.2, 0.25) is 0 Å². The summed E-state index contributed by atoms with van der Waals surface area (Å²) in [5.41, 5.74) is 7.05. The normalized spacial score (nSPS) is 15.5. The van der Waals surface area contributed by atoms with Crippen molar-refractivity contribution in [2.45, 2.75) is 25.8 Å². The van der Waals surface area contributed by atoms with Crippen LogP contribution in [0.4, 0.5) is 4.39 Å². The van der Waals surface area contributed by atoms with Gasteiger partial charge in [0.25, 0.3) is 0 Å². The summed E-state index contributed by atoms with van der Waals surface area (Å²) in [5, 5.41) is 5.67. The number of hydrogen-bond acceptors (Lipinski definition) is 2. The highest BCUT2D eigenvalue weighted by molar-refractivity contribution is 6.30. The molecule has 3 heterocycles. The van der Waals surface area contributed by atoms with Crippen molar-refractivity contribution in [3.8, 4) is 22.5 Å². The Morgan fingerprint density at radius 1 is 1.00 bits per heavy atom. The fraction of sp³-hybridized carbons (Fsp3) is 0.167. The first-order chi connectivity index (χ1) is 14.1. The summed E-state index contributed by atoms with van der Waals surface area (Å²) in [6.45, 7) is 2.78. The Kier molecular flexibility index (Phi) is 4.44. The number of benzene rings is 2. The number of hydrogen-bond donors (Lipinski definition) is 0. The topological polar surface area (TPSA) is 30.7 Å². The van der Waals surface area contributed by atoms with Gasteiger partial charge in [-0.2, -0.15) is 5.10 Å². The van der Waals surface area contributed by atoms with E-state index in [1.807, 2.05) is 49.4 Å². The maximum atomic E-state index is 13.6. The van der Waals surface area contributed by atoms with Crippen molar-refractivity contribution in [3.05, 3.63) is 94.5 Å². The molecule has 0 aliphatic carbocycles. The van der Waals surface area contributed by atoms with Crippen LogP contribution in [0.15, 0.2) is 66.7 Å². The second kappa shape index (κ2) is 7.12. The van der Waals surface area contributed by atoms with Gasteiger partial charge in [-0.25, -0.2) is 4.39 Å². The van der Waals surface area contributed by atoms with Gasteiger partial charge < -0.3 is 0 Å². The minimum Gasteiger partial charge on any atom is -0.268 e. The molecule has 29 heavy (non-hydrogen) atoms. The maximum absolute atomic E-state index is 13.6.